The van der Waals surface area contributed by atoms with Crippen molar-refractivity contribution in [3.05, 3.63) is 15.0 Å². The number of thiazole rings is 1. The Bertz CT molecular complexity index is 594. The molecule has 3 rings (SSSR count). The molecule has 0 saturated carbocycles. The molecule has 1 amide bonds. The van der Waals surface area contributed by atoms with E-state index in [9.17, 15) is 9.90 Å². The molecule has 0 radical (unpaired) electrons. The number of ether oxygens (including phenoxy) is 2. The molecule has 2 aliphatic rings. The molecular formula is C14H19BrN2O4S. The van der Waals surface area contributed by atoms with Crippen LogP contribution in [0.25, 0.3) is 0 Å². The van der Waals surface area contributed by atoms with Gasteiger partial charge in [0.25, 0.3) is 0 Å². The molecule has 1 spiro atoms. The number of carbonyl (C=O) groups excluding carboxylic acids is 1. The molecule has 1 aromatic heterocycles. The van der Waals surface area contributed by atoms with E-state index in [4.69, 9.17) is 9.47 Å². The van der Waals surface area contributed by atoms with Crippen molar-refractivity contribution in [2.75, 3.05) is 19.7 Å². The maximum Gasteiger partial charge on any atom is 0.410 e. The number of nitrogens with zero attached hydrogens (tertiary/aromatic N) is 2. The lowest BCUT2D eigenvalue weighted by Gasteiger charge is -2.47. The Morgan fingerprint density at radius 3 is 2.77 bits per heavy atom. The third-order valence-electron chi connectivity index (χ3n) is 3.72. The first-order valence-corrected chi connectivity index (χ1v) is 8.74. The van der Waals surface area contributed by atoms with Gasteiger partial charge in [0.1, 0.15) is 26.4 Å². The monoisotopic (exact) mass is 390 g/mol. The number of amides is 1. The summed E-state index contributed by atoms with van der Waals surface area (Å²) in [5.74, 6) is 0. The molecule has 1 atom stereocenters. The average Bonchev–Trinajstić information content (AvgIpc) is 2.90. The van der Waals surface area contributed by atoms with Gasteiger partial charge in [-0.15, -0.1) is 11.3 Å². The minimum Gasteiger partial charge on any atom is -0.444 e. The summed E-state index contributed by atoms with van der Waals surface area (Å²) < 4.78 is 11.9. The molecule has 1 unspecified atom stereocenters. The van der Waals surface area contributed by atoms with Crippen molar-refractivity contribution in [2.45, 2.75) is 44.0 Å². The van der Waals surface area contributed by atoms with E-state index in [0.717, 1.165) is 0 Å². The third kappa shape index (κ3) is 3.02. The number of rotatable bonds is 1. The number of aromatic nitrogens is 1. The van der Waals surface area contributed by atoms with Gasteiger partial charge in [-0.25, -0.2) is 9.78 Å². The summed E-state index contributed by atoms with van der Waals surface area (Å²) in [6.45, 7) is 6.60. The standard InChI is InChI=1S/C14H19BrN2O4S/c1-12(2,3)21-11(18)17-6-13(7-17)5-14(19,8-20-13)10-16-9(15)4-22-10/h4,19H,5-8H2,1-3H3. The summed E-state index contributed by atoms with van der Waals surface area (Å²) >= 11 is 4.70. The lowest BCUT2D eigenvalue weighted by Crippen LogP contribution is -2.64. The SMILES string of the molecule is CC(C)(C)OC(=O)N1CC2(C1)CC(O)(c1nc(Br)cs1)CO2. The maximum atomic E-state index is 12.0. The van der Waals surface area contributed by atoms with Crippen molar-refractivity contribution < 1.29 is 19.4 Å². The first kappa shape index (κ1) is 16.2. The molecule has 2 saturated heterocycles. The highest BCUT2D eigenvalue weighted by molar-refractivity contribution is 9.10. The molecule has 0 bridgehead atoms. The molecule has 2 aliphatic heterocycles. The molecule has 6 nitrogen and oxygen atoms in total. The van der Waals surface area contributed by atoms with Crippen LogP contribution < -0.4 is 0 Å². The summed E-state index contributed by atoms with van der Waals surface area (Å²) in [5, 5.41) is 13.2. The molecule has 1 N–H and O–H groups in total. The quantitative estimate of drug-likeness (QED) is 0.797. The van der Waals surface area contributed by atoms with Gasteiger partial charge in [0, 0.05) is 11.8 Å². The molecule has 8 heteroatoms. The Morgan fingerprint density at radius 1 is 1.55 bits per heavy atom. The van der Waals surface area contributed by atoms with Gasteiger partial charge in [-0.2, -0.15) is 0 Å². The lowest BCUT2D eigenvalue weighted by atomic mass is 9.85. The van der Waals surface area contributed by atoms with Crippen molar-refractivity contribution in [2.24, 2.45) is 0 Å². The Balaban J connectivity index is 1.62. The number of carbonyl (C=O) groups is 1. The fraction of sp³-hybridized carbons (Fsp3) is 0.714. The summed E-state index contributed by atoms with van der Waals surface area (Å²) in [7, 11) is 0. The number of likely N-dealkylation sites (tertiary alicyclic amines) is 1. The van der Waals surface area contributed by atoms with Crippen LogP contribution in [0.2, 0.25) is 0 Å². The highest BCUT2D eigenvalue weighted by atomic mass is 79.9. The smallest absolute Gasteiger partial charge is 0.410 e. The van der Waals surface area contributed by atoms with Crippen LogP contribution in [0.15, 0.2) is 9.98 Å². The summed E-state index contributed by atoms with van der Waals surface area (Å²) in [6, 6.07) is 0. The van der Waals surface area contributed by atoms with E-state index in [1.807, 2.05) is 26.2 Å². The molecule has 22 heavy (non-hydrogen) atoms. The van der Waals surface area contributed by atoms with Gasteiger partial charge in [0.15, 0.2) is 0 Å². The van der Waals surface area contributed by atoms with Crippen molar-refractivity contribution in [3.63, 3.8) is 0 Å². The first-order chi connectivity index (χ1) is 10.1. The van der Waals surface area contributed by atoms with Gasteiger partial charge >= 0.3 is 6.09 Å². The van der Waals surface area contributed by atoms with Crippen LogP contribution >= 0.6 is 27.3 Å². The van der Waals surface area contributed by atoms with Crippen molar-refractivity contribution >= 4 is 33.4 Å². The van der Waals surface area contributed by atoms with Gasteiger partial charge in [0.2, 0.25) is 0 Å². The zero-order chi connectivity index (χ0) is 16.2. The van der Waals surface area contributed by atoms with Crippen LogP contribution in [0.4, 0.5) is 4.79 Å². The van der Waals surface area contributed by atoms with Crippen LogP contribution in [0.1, 0.15) is 32.2 Å². The molecule has 3 heterocycles. The Labute approximate surface area is 141 Å². The van der Waals surface area contributed by atoms with Crippen LogP contribution in [0.3, 0.4) is 0 Å². The highest BCUT2D eigenvalue weighted by Gasteiger charge is 2.58. The fourth-order valence-corrected chi connectivity index (χ4v) is 4.16. The summed E-state index contributed by atoms with van der Waals surface area (Å²) in [5.41, 5.74) is -2.06. The molecule has 1 aromatic rings. The minimum absolute atomic E-state index is 0.203. The first-order valence-electron chi connectivity index (χ1n) is 7.07. The van der Waals surface area contributed by atoms with Crippen LogP contribution in [0, 0.1) is 0 Å². The van der Waals surface area contributed by atoms with Gasteiger partial charge < -0.3 is 19.5 Å². The fourth-order valence-electron chi connectivity index (χ4n) is 2.82. The Morgan fingerprint density at radius 2 is 2.23 bits per heavy atom. The van der Waals surface area contributed by atoms with Gasteiger partial charge in [-0.1, -0.05) is 0 Å². The van der Waals surface area contributed by atoms with E-state index >= 15 is 0 Å². The average molecular weight is 391 g/mol. The summed E-state index contributed by atoms with van der Waals surface area (Å²) in [4.78, 5) is 17.9. The molecule has 122 valence electrons. The second-order valence-corrected chi connectivity index (χ2v) is 8.66. The van der Waals surface area contributed by atoms with E-state index in [1.165, 1.54) is 11.3 Å². The summed E-state index contributed by atoms with van der Waals surface area (Å²) in [6.07, 6.45) is 0.105. The van der Waals surface area contributed by atoms with Gasteiger partial charge in [-0.3, -0.25) is 0 Å². The van der Waals surface area contributed by atoms with E-state index in [1.54, 1.807) is 4.90 Å². The largest absolute Gasteiger partial charge is 0.444 e. The number of hydrogen-bond donors (Lipinski definition) is 1. The van der Waals surface area contributed by atoms with Crippen molar-refractivity contribution in [1.82, 2.24) is 9.88 Å². The van der Waals surface area contributed by atoms with Crippen LogP contribution in [0.5, 0.6) is 0 Å². The molecule has 0 aliphatic carbocycles. The van der Waals surface area contributed by atoms with E-state index in [-0.39, 0.29) is 12.7 Å². The zero-order valence-corrected chi connectivity index (χ0v) is 15.2. The highest BCUT2D eigenvalue weighted by Crippen LogP contribution is 2.45. The third-order valence-corrected chi connectivity index (χ3v) is 5.46. The van der Waals surface area contributed by atoms with Gasteiger partial charge in [-0.05, 0) is 36.7 Å². The van der Waals surface area contributed by atoms with Gasteiger partial charge in [0.05, 0.1) is 19.7 Å². The maximum absolute atomic E-state index is 12.0. The normalized spacial score (nSPS) is 27.0. The number of aliphatic hydroxyl groups is 1. The molecule has 2 fully saturated rings. The predicted molar refractivity (Wildman–Crippen MR) is 84.8 cm³/mol. The lowest BCUT2D eigenvalue weighted by molar-refractivity contribution is -0.109. The number of hydrogen-bond acceptors (Lipinski definition) is 6. The Kier molecular flexibility index (Phi) is 3.79. The topological polar surface area (TPSA) is 71.9 Å². The second-order valence-electron chi connectivity index (χ2n) is 6.99. The van der Waals surface area contributed by atoms with Crippen LogP contribution in [-0.4, -0.2) is 52.0 Å². The minimum atomic E-state index is -1.07. The predicted octanol–water partition coefficient (Wildman–Crippen LogP) is 2.50. The van der Waals surface area contributed by atoms with E-state index < -0.39 is 16.8 Å². The molecular weight excluding hydrogens is 372 g/mol. The second kappa shape index (κ2) is 5.15. The van der Waals surface area contributed by atoms with Crippen molar-refractivity contribution in [1.29, 1.82) is 0 Å². The zero-order valence-electron chi connectivity index (χ0n) is 12.8. The number of halogens is 1. The van der Waals surface area contributed by atoms with Crippen LogP contribution in [-0.2, 0) is 15.1 Å². The van der Waals surface area contributed by atoms with E-state index in [2.05, 4.69) is 20.9 Å². The molecule has 0 aromatic carbocycles. The van der Waals surface area contributed by atoms with E-state index in [0.29, 0.717) is 29.1 Å². The van der Waals surface area contributed by atoms with Crippen molar-refractivity contribution in [3.8, 4) is 0 Å². The Hall–Kier alpha value is -0.700.